The Morgan fingerprint density at radius 3 is 1.86 bits per heavy atom. The summed E-state index contributed by atoms with van der Waals surface area (Å²) >= 11 is 0. The van der Waals surface area contributed by atoms with Gasteiger partial charge >= 0.3 is 0 Å². The van der Waals surface area contributed by atoms with Gasteiger partial charge in [-0.3, -0.25) is 14.9 Å². The van der Waals surface area contributed by atoms with Gasteiger partial charge in [-0.1, -0.05) is 55.5 Å². The molecule has 1 heterocycles. The molecule has 1 aliphatic carbocycles. The van der Waals surface area contributed by atoms with Gasteiger partial charge in [0.2, 0.25) is 11.8 Å². The first-order valence-electron chi connectivity index (χ1n) is 7.67. The second kappa shape index (κ2) is 4.54. The molecule has 3 heteroatoms. The van der Waals surface area contributed by atoms with Crippen LogP contribution in [0.5, 0.6) is 0 Å². The Kier molecular flexibility index (Phi) is 2.73. The lowest BCUT2D eigenvalue weighted by Crippen LogP contribution is -2.41. The number of hydrogen-bond acceptors (Lipinski definition) is 2. The quantitative estimate of drug-likeness (QED) is 0.757. The van der Waals surface area contributed by atoms with Crippen molar-refractivity contribution in [3.8, 4) is 0 Å². The summed E-state index contributed by atoms with van der Waals surface area (Å²) in [6.45, 7) is 1.86. The molecule has 1 N–H and O–H groups in total. The van der Waals surface area contributed by atoms with E-state index in [9.17, 15) is 9.59 Å². The highest BCUT2D eigenvalue weighted by Crippen LogP contribution is 2.47. The number of imide groups is 1. The average molecular weight is 291 g/mol. The molecule has 2 aromatic carbocycles. The van der Waals surface area contributed by atoms with Crippen molar-refractivity contribution in [2.24, 2.45) is 5.92 Å². The zero-order valence-corrected chi connectivity index (χ0v) is 12.4. The van der Waals surface area contributed by atoms with Crippen molar-refractivity contribution in [3.05, 3.63) is 70.8 Å². The molecule has 22 heavy (non-hydrogen) atoms. The summed E-state index contributed by atoms with van der Waals surface area (Å²) in [4.78, 5) is 25.2. The number of carbonyl (C=O) groups is 2. The number of amides is 2. The van der Waals surface area contributed by atoms with Crippen LogP contribution >= 0.6 is 0 Å². The molecule has 0 saturated carbocycles. The molecule has 0 bridgehead atoms. The minimum atomic E-state index is -0.888. The predicted molar refractivity (Wildman–Crippen MR) is 83.4 cm³/mol. The van der Waals surface area contributed by atoms with Gasteiger partial charge in [0.05, 0.1) is 5.92 Å². The van der Waals surface area contributed by atoms with Crippen LogP contribution in [0.1, 0.15) is 29.2 Å². The van der Waals surface area contributed by atoms with Gasteiger partial charge in [0.25, 0.3) is 0 Å². The van der Waals surface area contributed by atoms with Crippen LogP contribution in [0.25, 0.3) is 0 Å². The maximum atomic E-state index is 12.9. The molecule has 2 aromatic rings. The summed E-state index contributed by atoms with van der Waals surface area (Å²) < 4.78 is 0. The SMILES string of the molecule is CC1C(=O)NC(=O)C12c1ccccc1CCc1ccccc12. The highest BCUT2D eigenvalue weighted by Gasteiger charge is 2.57. The van der Waals surface area contributed by atoms with Crippen molar-refractivity contribution in [1.29, 1.82) is 0 Å². The van der Waals surface area contributed by atoms with E-state index in [2.05, 4.69) is 17.4 Å². The smallest absolute Gasteiger partial charge is 0.242 e. The summed E-state index contributed by atoms with van der Waals surface area (Å²) in [5, 5.41) is 2.56. The van der Waals surface area contributed by atoms with Crippen LogP contribution in [0.2, 0.25) is 0 Å². The fourth-order valence-electron chi connectivity index (χ4n) is 4.08. The third kappa shape index (κ3) is 1.51. The van der Waals surface area contributed by atoms with E-state index in [-0.39, 0.29) is 11.8 Å². The van der Waals surface area contributed by atoms with Gasteiger partial charge in [0.1, 0.15) is 5.41 Å². The van der Waals surface area contributed by atoms with Gasteiger partial charge in [0.15, 0.2) is 0 Å². The second-order valence-corrected chi connectivity index (χ2v) is 6.16. The van der Waals surface area contributed by atoms with E-state index in [4.69, 9.17) is 0 Å². The molecule has 1 fully saturated rings. The maximum absolute atomic E-state index is 12.9. The Hall–Kier alpha value is -2.42. The predicted octanol–water partition coefficient (Wildman–Crippen LogP) is 2.36. The molecule has 1 unspecified atom stereocenters. The van der Waals surface area contributed by atoms with Gasteiger partial charge in [0, 0.05) is 0 Å². The van der Waals surface area contributed by atoms with E-state index in [0.29, 0.717) is 0 Å². The molecule has 0 radical (unpaired) electrons. The summed E-state index contributed by atoms with van der Waals surface area (Å²) in [6, 6.07) is 16.1. The molecular formula is C19H17NO2. The first-order valence-corrected chi connectivity index (χ1v) is 7.67. The lowest BCUT2D eigenvalue weighted by Gasteiger charge is -2.32. The molecule has 0 aromatic heterocycles. The number of nitrogens with one attached hydrogen (secondary N) is 1. The number of rotatable bonds is 0. The molecule has 1 saturated heterocycles. The Labute approximate surface area is 129 Å². The van der Waals surface area contributed by atoms with Gasteiger partial charge in [-0.05, 0) is 35.1 Å². The molecule has 4 rings (SSSR count). The summed E-state index contributed by atoms with van der Waals surface area (Å²) in [5.74, 6) is -0.774. The van der Waals surface area contributed by atoms with Gasteiger partial charge in [-0.25, -0.2) is 0 Å². The molecule has 1 aliphatic heterocycles. The van der Waals surface area contributed by atoms with Crippen molar-refractivity contribution in [1.82, 2.24) is 5.32 Å². The maximum Gasteiger partial charge on any atom is 0.242 e. The highest BCUT2D eigenvalue weighted by atomic mass is 16.2. The van der Waals surface area contributed by atoms with Crippen LogP contribution in [-0.2, 0) is 27.8 Å². The van der Waals surface area contributed by atoms with E-state index < -0.39 is 11.3 Å². The summed E-state index contributed by atoms with van der Waals surface area (Å²) in [5.41, 5.74) is 3.40. The van der Waals surface area contributed by atoms with Crippen LogP contribution in [0.3, 0.4) is 0 Å². The average Bonchev–Trinajstić information content (AvgIpc) is 2.70. The zero-order chi connectivity index (χ0) is 15.3. The molecular weight excluding hydrogens is 274 g/mol. The molecule has 2 aliphatic rings. The van der Waals surface area contributed by atoms with Gasteiger partial charge in [-0.2, -0.15) is 0 Å². The minimum absolute atomic E-state index is 0.184. The molecule has 110 valence electrons. The third-order valence-corrected chi connectivity index (χ3v) is 5.19. The standard InChI is InChI=1S/C19H17NO2/c1-12-17(21)20-18(22)19(12)15-8-4-2-6-13(15)10-11-14-7-3-5-9-16(14)19/h2-9,12H,10-11H2,1H3,(H,20,21,22). The Morgan fingerprint density at radius 2 is 1.41 bits per heavy atom. The highest BCUT2D eigenvalue weighted by molar-refractivity contribution is 6.12. The van der Waals surface area contributed by atoms with Crippen LogP contribution in [0.4, 0.5) is 0 Å². The summed E-state index contributed by atoms with van der Waals surface area (Å²) in [6.07, 6.45) is 1.78. The van der Waals surface area contributed by atoms with Crippen molar-refractivity contribution < 1.29 is 9.59 Å². The number of aryl methyl sites for hydroxylation is 2. The molecule has 2 amide bonds. The van der Waals surface area contributed by atoms with Crippen molar-refractivity contribution in [3.63, 3.8) is 0 Å². The zero-order valence-electron chi connectivity index (χ0n) is 12.4. The third-order valence-electron chi connectivity index (χ3n) is 5.19. The second-order valence-electron chi connectivity index (χ2n) is 6.16. The Morgan fingerprint density at radius 1 is 0.909 bits per heavy atom. The normalized spacial score (nSPS) is 22.0. The lowest BCUT2D eigenvalue weighted by atomic mass is 9.66. The number of fused-ring (bicyclic) bond motifs is 4. The summed E-state index contributed by atoms with van der Waals surface area (Å²) in [7, 11) is 0. The topological polar surface area (TPSA) is 46.2 Å². The minimum Gasteiger partial charge on any atom is -0.295 e. The van der Waals surface area contributed by atoms with Crippen LogP contribution < -0.4 is 5.32 Å². The Bertz CT molecular complexity index is 746. The van der Waals surface area contributed by atoms with Crippen molar-refractivity contribution in [2.45, 2.75) is 25.2 Å². The van der Waals surface area contributed by atoms with Crippen LogP contribution in [-0.4, -0.2) is 11.8 Å². The van der Waals surface area contributed by atoms with E-state index in [1.807, 2.05) is 43.3 Å². The first-order chi connectivity index (χ1) is 10.7. The Balaban J connectivity index is 2.12. The fourth-order valence-corrected chi connectivity index (χ4v) is 4.08. The van der Waals surface area contributed by atoms with Gasteiger partial charge < -0.3 is 0 Å². The molecule has 1 spiro atoms. The monoisotopic (exact) mass is 291 g/mol. The van der Waals surface area contributed by atoms with Crippen LogP contribution in [0.15, 0.2) is 48.5 Å². The number of benzene rings is 2. The number of hydrogen-bond donors (Lipinski definition) is 1. The van der Waals surface area contributed by atoms with E-state index in [1.54, 1.807) is 0 Å². The number of carbonyl (C=O) groups excluding carboxylic acids is 2. The van der Waals surface area contributed by atoms with Crippen LogP contribution in [0, 0.1) is 5.92 Å². The van der Waals surface area contributed by atoms with E-state index >= 15 is 0 Å². The lowest BCUT2D eigenvalue weighted by molar-refractivity contribution is -0.126. The van der Waals surface area contributed by atoms with E-state index in [1.165, 1.54) is 0 Å². The molecule has 3 nitrogen and oxygen atoms in total. The van der Waals surface area contributed by atoms with Crippen molar-refractivity contribution in [2.75, 3.05) is 0 Å². The fraction of sp³-hybridized carbons (Fsp3) is 0.263. The first kappa shape index (κ1) is 13.3. The molecule has 1 atom stereocenters. The van der Waals surface area contributed by atoms with E-state index in [0.717, 1.165) is 35.1 Å². The van der Waals surface area contributed by atoms with Crippen molar-refractivity contribution >= 4 is 11.8 Å². The largest absolute Gasteiger partial charge is 0.295 e. The van der Waals surface area contributed by atoms with Gasteiger partial charge in [-0.15, -0.1) is 0 Å².